The highest BCUT2D eigenvalue weighted by Crippen LogP contribution is 2.38. The van der Waals surface area contributed by atoms with Crippen LogP contribution < -0.4 is 0 Å². The second-order valence-electron chi connectivity index (χ2n) is 11.2. The van der Waals surface area contributed by atoms with Crippen molar-refractivity contribution in [1.29, 1.82) is 0 Å². The fourth-order valence-electron chi connectivity index (χ4n) is 6.30. The highest BCUT2D eigenvalue weighted by molar-refractivity contribution is 6.18. The first-order valence-corrected chi connectivity index (χ1v) is 15.0. The number of rotatable bonds is 4. The Morgan fingerprint density at radius 3 is 1.60 bits per heavy atom. The number of furan rings is 1. The van der Waals surface area contributed by atoms with Crippen molar-refractivity contribution >= 4 is 43.5 Å². The van der Waals surface area contributed by atoms with Gasteiger partial charge in [0.1, 0.15) is 11.2 Å². The summed E-state index contributed by atoms with van der Waals surface area (Å²) in [4.78, 5) is 14.6. The molecule has 0 atom stereocenters. The quantitative estimate of drug-likeness (QED) is 0.196. The van der Waals surface area contributed by atoms with E-state index in [1.54, 1.807) is 0 Å². The number of fused-ring (bicyclic) bond motifs is 6. The Hall–Kier alpha value is -6.13. The van der Waals surface area contributed by atoms with Crippen LogP contribution in [0.5, 0.6) is 0 Å². The van der Waals surface area contributed by atoms with Gasteiger partial charge in [-0.25, -0.2) is 15.0 Å². The molecule has 45 heavy (non-hydrogen) atoms. The zero-order valence-electron chi connectivity index (χ0n) is 24.2. The van der Waals surface area contributed by atoms with Gasteiger partial charge in [0.25, 0.3) is 0 Å². The van der Waals surface area contributed by atoms with Crippen molar-refractivity contribution in [3.8, 4) is 45.3 Å². The van der Waals surface area contributed by atoms with Crippen molar-refractivity contribution in [1.82, 2.24) is 15.0 Å². The average Bonchev–Trinajstić information content (AvgIpc) is 3.48. The number of nitrogens with zero attached hydrogens (tertiary/aromatic N) is 3. The third-order valence-corrected chi connectivity index (χ3v) is 8.53. The molecule has 0 bridgehead atoms. The fourth-order valence-corrected chi connectivity index (χ4v) is 6.30. The fraction of sp³-hybridized carbons (Fsp3) is 0. The molecule has 4 nitrogen and oxygen atoms in total. The summed E-state index contributed by atoms with van der Waals surface area (Å²) in [5.74, 6) is 1.96. The Morgan fingerprint density at radius 2 is 0.911 bits per heavy atom. The van der Waals surface area contributed by atoms with E-state index in [1.807, 2.05) is 72.8 Å². The smallest absolute Gasteiger partial charge is 0.164 e. The van der Waals surface area contributed by atoms with Gasteiger partial charge in [0.15, 0.2) is 17.5 Å². The molecule has 9 aromatic rings. The molecule has 2 heterocycles. The lowest BCUT2D eigenvalue weighted by atomic mass is 9.93. The van der Waals surface area contributed by atoms with Crippen LogP contribution in [0.4, 0.5) is 0 Å². The van der Waals surface area contributed by atoms with Crippen LogP contribution in [0.25, 0.3) is 88.8 Å². The second kappa shape index (κ2) is 10.2. The van der Waals surface area contributed by atoms with Crippen molar-refractivity contribution in [3.05, 3.63) is 152 Å². The lowest BCUT2D eigenvalue weighted by Gasteiger charge is -2.11. The molecule has 0 aliphatic rings. The molecule has 0 aliphatic heterocycles. The van der Waals surface area contributed by atoms with Gasteiger partial charge in [-0.15, -0.1) is 0 Å². The van der Waals surface area contributed by atoms with Crippen LogP contribution in [-0.4, -0.2) is 15.0 Å². The summed E-state index contributed by atoms with van der Waals surface area (Å²) in [5.41, 5.74) is 6.99. The van der Waals surface area contributed by atoms with E-state index in [9.17, 15) is 0 Å². The molecule has 4 heteroatoms. The van der Waals surface area contributed by atoms with Gasteiger partial charge in [0.05, 0.1) is 0 Å². The van der Waals surface area contributed by atoms with Crippen LogP contribution in [0.3, 0.4) is 0 Å². The monoisotopic (exact) mass is 575 g/mol. The van der Waals surface area contributed by atoms with E-state index >= 15 is 0 Å². The summed E-state index contributed by atoms with van der Waals surface area (Å²) in [6.45, 7) is 0. The Labute approximate surface area is 259 Å². The lowest BCUT2D eigenvalue weighted by Crippen LogP contribution is -2.00. The zero-order valence-corrected chi connectivity index (χ0v) is 24.2. The van der Waals surface area contributed by atoms with Crippen molar-refractivity contribution in [2.75, 3.05) is 0 Å². The van der Waals surface area contributed by atoms with Gasteiger partial charge in [-0.1, -0.05) is 133 Å². The summed E-state index contributed by atoms with van der Waals surface area (Å²) >= 11 is 0. The van der Waals surface area contributed by atoms with Gasteiger partial charge >= 0.3 is 0 Å². The molecular weight excluding hydrogens is 550 g/mol. The molecule has 210 valence electrons. The van der Waals surface area contributed by atoms with Gasteiger partial charge < -0.3 is 4.42 Å². The molecule has 0 spiro atoms. The van der Waals surface area contributed by atoms with Crippen LogP contribution in [0.2, 0.25) is 0 Å². The highest BCUT2D eigenvalue weighted by atomic mass is 16.3. The van der Waals surface area contributed by atoms with Crippen molar-refractivity contribution in [3.63, 3.8) is 0 Å². The first kappa shape index (κ1) is 25.4. The van der Waals surface area contributed by atoms with E-state index in [0.29, 0.717) is 17.5 Å². The van der Waals surface area contributed by atoms with Crippen molar-refractivity contribution in [2.24, 2.45) is 0 Å². The maximum Gasteiger partial charge on any atom is 0.164 e. The Kier molecular flexibility index (Phi) is 5.78. The minimum atomic E-state index is 0.646. The molecular formula is C41H25N3O. The number of aromatic nitrogens is 3. The van der Waals surface area contributed by atoms with Gasteiger partial charge in [-0.3, -0.25) is 0 Å². The molecule has 0 N–H and O–H groups in total. The molecule has 0 saturated carbocycles. The molecule has 0 aliphatic carbocycles. The third-order valence-electron chi connectivity index (χ3n) is 8.53. The van der Waals surface area contributed by atoms with Gasteiger partial charge in [0, 0.05) is 27.5 Å². The third kappa shape index (κ3) is 4.35. The van der Waals surface area contributed by atoms with Crippen molar-refractivity contribution < 1.29 is 4.42 Å². The van der Waals surface area contributed by atoms with E-state index in [-0.39, 0.29) is 0 Å². The topological polar surface area (TPSA) is 51.8 Å². The van der Waals surface area contributed by atoms with Crippen LogP contribution in [0, 0.1) is 0 Å². The van der Waals surface area contributed by atoms with E-state index in [4.69, 9.17) is 19.4 Å². The minimum absolute atomic E-state index is 0.646. The standard InChI is InChI=1S/C41H25N3O/c1-3-10-27(11-4-1)39-42-40(28-12-5-2-6-13-28)44-41(43-39)29-20-18-26(19-21-29)31-15-9-16-32-33(31)23-22-30-24-36-34-14-7-8-17-37(34)45-38(36)25-35(30)32/h1-25H. The van der Waals surface area contributed by atoms with E-state index < -0.39 is 0 Å². The number of hydrogen-bond donors (Lipinski definition) is 0. The number of para-hydroxylation sites is 1. The van der Waals surface area contributed by atoms with E-state index in [2.05, 4.69) is 78.9 Å². The average molecular weight is 576 g/mol. The molecule has 0 amide bonds. The minimum Gasteiger partial charge on any atom is -0.456 e. The van der Waals surface area contributed by atoms with E-state index in [0.717, 1.165) is 44.2 Å². The Bertz CT molecular complexity index is 2460. The van der Waals surface area contributed by atoms with Crippen LogP contribution >= 0.6 is 0 Å². The molecule has 2 aromatic heterocycles. The van der Waals surface area contributed by atoms with Gasteiger partial charge in [0.2, 0.25) is 0 Å². The summed E-state index contributed by atoms with van der Waals surface area (Å²) < 4.78 is 6.24. The normalized spacial score (nSPS) is 11.6. The number of hydrogen-bond acceptors (Lipinski definition) is 4. The first-order chi connectivity index (χ1) is 22.3. The molecule has 0 saturated heterocycles. The van der Waals surface area contributed by atoms with Crippen molar-refractivity contribution in [2.45, 2.75) is 0 Å². The van der Waals surface area contributed by atoms with Crippen LogP contribution in [0.15, 0.2) is 156 Å². The lowest BCUT2D eigenvalue weighted by molar-refractivity contribution is 0.669. The second-order valence-corrected chi connectivity index (χ2v) is 11.2. The predicted molar refractivity (Wildman–Crippen MR) is 184 cm³/mol. The summed E-state index contributed by atoms with van der Waals surface area (Å²) in [5, 5.41) is 7.08. The highest BCUT2D eigenvalue weighted by Gasteiger charge is 2.14. The molecule has 0 unspecified atom stereocenters. The van der Waals surface area contributed by atoms with E-state index in [1.165, 1.54) is 27.1 Å². The van der Waals surface area contributed by atoms with Gasteiger partial charge in [-0.2, -0.15) is 0 Å². The first-order valence-electron chi connectivity index (χ1n) is 15.0. The Morgan fingerprint density at radius 1 is 0.333 bits per heavy atom. The Balaban J connectivity index is 1.14. The molecule has 0 radical (unpaired) electrons. The SMILES string of the molecule is c1ccc(-c2nc(-c3ccccc3)nc(-c3ccc(-c4cccc5c4ccc4cc6c(cc45)oc4ccccc46)cc3)n2)cc1. The molecule has 0 fully saturated rings. The van der Waals surface area contributed by atoms with Gasteiger partial charge in [-0.05, 0) is 50.9 Å². The number of benzene rings is 7. The largest absolute Gasteiger partial charge is 0.456 e. The summed E-state index contributed by atoms with van der Waals surface area (Å²) in [7, 11) is 0. The summed E-state index contributed by atoms with van der Waals surface area (Å²) in [6, 6.07) is 52.3. The van der Waals surface area contributed by atoms with Crippen LogP contribution in [0.1, 0.15) is 0 Å². The zero-order chi connectivity index (χ0) is 29.7. The molecule has 9 rings (SSSR count). The maximum absolute atomic E-state index is 6.24. The summed E-state index contributed by atoms with van der Waals surface area (Å²) in [6.07, 6.45) is 0. The van der Waals surface area contributed by atoms with Crippen LogP contribution in [-0.2, 0) is 0 Å². The molecule has 7 aromatic carbocycles. The predicted octanol–water partition coefficient (Wildman–Crippen LogP) is 10.7. The maximum atomic E-state index is 6.24.